The molecule has 1 atom stereocenters. The summed E-state index contributed by atoms with van der Waals surface area (Å²) in [6.07, 6.45) is 5.01. The van der Waals surface area contributed by atoms with Gasteiger partial charge in [0.25, 0.3) is 0 Å². The van der Waals surface area contributed by atoms with E-state index in [1.807, 2.05) is 6.92 Å². The molecule has 16 heavy (non-hydrogen) atoms. The van der Waals surface area contributed by atoms with Crippen LogP contribution in [0.5, 0.6) is 0 Å². The lowest BCUT2D eigenvalue weighted by Gasteiger charge is -2.27. The SMILES string of the molecule is Cc1nc(N2CCCCC2)ncc1[C@H](C)O. The van der Waals surface area contributed by atoms with Gasteiger partial charge < -0.3 is 10.0 Å². The number of piperidine rings is 1. The summed E-state index contributed by atoms with van der Waals surface area (Å²) in [5.41, 5.74) is 1.70. The summed E-state index contributed by atoms with van der Waals surface area (Å²) in [5.74, 6) is 0.807. The minimum atomic E-state index is -0.490. The fourth-order valence-corrected chi connectivity index (χ4v) is 2.12. The van der Waals surface area contributed by atoms with Gasteiger partial charge in [-0.15, -0.1) is 0 Å². The molecule has 1 N–H and O–H groups in total. The minimum Gasteiger partial charge on any atom is -0.389 e. The zero-order chi connectivity index (χ0) is 11.5. The molecule has 0 bridgehead atoms. The van der Waals surface area contributed by atoms with Gasteiger partial charge in [0.15, 0.2) is 0 Å². The molecule has 4 heteroatoms. The second-order valence-corrected chi connectivity index (χ2v) is 4.43. The molecule has 0 aliphatic carbocycles. The van der Waals surface area contributed by atoms with Crippen LogP contribution in [0.25, 0.3) is 0 Å². The second-order valence-electron chi connectivity index (χ2n) is 4.43. The van der Waals surface area contributed by atoms with E-state index < -0.39 is 6.10 Å². The van der Waals surface area contributed by atoms with Crippen molar-refractivity contribution in [3.63, 3.8) is 0 Å². The van der Waals surface area contributed by atoms with Crippen molar-refractivity contribution in [1.29, 1.82) is 0 Å². The summed E-state index contributed by atoms with van der Waals surface area (Å²) in [4.78, 5) is 11.0. The van der Waals surface area contributed by atoms with Crippen molar-refractivity contribution < 1.29 is 5.11 Å². The van der Waals surface area contributed by atoms with E-state index in [2.05, 4.69) is 14.9 Å². The zero-order valence-electron chi connectivity index (χ0n) is 9.98. The van der Waals surface area contributed by atoms with Crippen molar-refractivity contribution in [2.24, 2.45) is 0 Å². The van der Waals surface area contributed by atoms with E-state index in [9.17, 15) is 5.11 Å². The van der Waals surface area contributed by atoms with Crippen molar-refractivity contribution >= 4 is 5.95 Å². The van der Waals surface area contributed by atoms with Crippen molar-refractivity contribution in [2.45, 2.75) is 39.2 Å². The van der Waals surface area contributed by atoms with Crippen LogP contribution in [0.1, 0.15) is 43.5 Å². The van der Waals surface area contributed by atoms with Crippen molar-refractivity contribution in [2.75, 3.05) is 18.0 Å². The molecule has 0 amide bonds. The molecule has 4 nitrogen and oxygen atoms in total. The number of aliphatic hydroxyl groups is 1. The van der Waals surface area contributed by atoms with Gasteiger partial charge in [0.1, 0.15) is 0 Å². The third-order valence-corrected chi connectivity index (χ3v) is 3.09. The lowest BCUT2D eigenvalue weighted by Crippen LogP contribution is -2.31. The Labute approximate surface area is 96.3 Å². The molecule has 1 saturated heterocycles. The number of anilines is 1. The molecule has 0 radical (unpaired) electrons. The van der Waals surface area contributed by atoms with E-state index in [4.69, 9.17) is 0 Å². The van der Waals surface area contributed by atoms with E-state index in [1.54, 1.807) is 13.1 Å². The molecule has 1 aliphatic rings. The van der Waals surface area contributed by atoms with Gasteiger partial charge in [-0.1, -0.05) is 0 Å². The van der Waals surface area contributed by atoms with Gasteiger partial charge in [0, 0.05) is 30.5 Å². The van der Waals surface area contributed by atoms with Gasteiger partial charge in [-0.05, 0) is 33.1 Å². The summed E-state index contributed by atoms with van der Waals surface area (Å²) in [7, 11) is 0. The third-order valence-electron chi connectivity index (χ3n) is 3.09. The highest BCUT2D eigenvalue weighted by molar-refractivity contribution is 5.33. The molecule has 1 aromatic rings. The monoisotopic (exact) mass is 221 g/mol. The highest BCUT2D eigenvalue weighted by Gasteiger charge is 2.15. The highest BCUT2D eigenvalue weighted by atomic mass is 16.3. The summed E-state index contributed by atoms with van der Waals surface area (Å²) in [6.45, 7) is 5.77. The fraction of sp³-hybridized carbons (Fsp3) is 0.667. The van der Waals surface area contributed by atoms with Crippen LogP contribution in [0.15, 0.2) is 6.20 Å². The van der Waals surface area contributed by atoms with Gasteiger partial charge in [-0.2, -0.15) is 0 Å². The quantitative estimate of drug-likeness (QED) is 0.827. The molecular formula is C12H19N3O. The van der Waals surface area contributed by atoms with E-state index >= 15 is 0 Å². The highest BCUT2D eigenvalue weighted by Crippen LogP contribution is 2.19. The Hall–Kier alpha value is -1.16. The smallest absolute Gasteiger partial charge is 0.225 e. The van der Waals surface area contributed by atoms with Crippen LogP contribution in [0, 0.1) is 6.92 Å². The normalized spacial score (nSPS) is 18.6. The Morgan fingerprint density at radius 1 is 1.31 bits per heavy atom. The second kappa shape index (κ2) is 4.78. The molecule has 88 valence electrons. The lowest BCUT2D eigenvalue weighted by molar-refractivity contribution is 0.197. The van der Waals surface area contributed by atoms with E-state index in [0.29, 0.717) is 0 Å². The topological polar surface area (TPSA) is 49.2 Å². The molecule has 0 aromatic carbocycles. The number of aliphatic hydroxyl groups excluding tert-OH is 1. The Kier molecular flexibility index (Phi) is 3.39. The van der Waals surface area contributed by atoms with Gasteiger partial charge in [0.05, 0.1) is 6.10 Å². The average molecular weight is 221 g/mol. The number of hydrogen-bond acceptors (Lipinski definition) is 4. The first-order valence-corrected chi connectivity index (χ1v) is 5.95. The standard InChI is InChI=1S/C12H19N3O/c1-9-11(10(2)16)8-13-12(14-9)15-6-4-3-5-7-15/h8,10,16H,3-7H2,1-2H3/t10-/m0/s1. The predicted octanol–water partition coefficient (Wildman–Crippen LogP) is 1.83. The average Bonchev–Trinajstić information content (AvgIpc) is 2.29. The Morgan fingerprint density at radius 2 is 2.00 bits per heavy atom. The molecule has 1 aromatic heterocycles. The number of nitrogens with zero attached hydrogens (tertiary/aromatic N) is 3. The Bertz CT molecular complexity index is 359. The molecular weight excluding hydrogens is 202 g/mol. The zero-order valence-corrected chi connectivity index (χ0v) is 9.98. The van der Waals surface area contributed by atoms with Crippen LogP contribution in [0.2, 0.25) is 0 Å². The van der Waals surface area contributed by atoms with Crippen molar-refractivity contribution in [3.8, 4) is 0 Å². The van der Waals surface area contributed by atoms with Gasteiger partial charge >= 0.3 is 0 Å². The maximum Gasteiger partial charge on any atom is 0.225 e. The molecule has 0 unspecified atom stereocenters. The van der Waals surface area contributed by atoms with Crippen LogP contribution < -0.4 is 4.90 Å². The van der Waals surface area contributed by atoms with Crippen LogP contribution >= 0.6 is 0 Å². The largest absolute Gasteiger partial charge is 0.389 e. The molecule has 0 saturated carbocycles. The van der Waals surface area contributed by atoms with Crippen molar-refractivity contribution in [1.82, 2.24) is 9.97 Å². The molecule has 1 fully saturated rings. The maximum absolute atomic E-state index is 9.51. The summed E-state index contributed by atoms with van der Waals surface area (Å²) >= 11 is 0. The Balaban J connectivity index is 2.19. The number of aryl methyl sites for hydroxylation is 1. The van der Waals surface area contributed by atoms with Crippen LogP contribution in [-0.4, -0.2) is 28.2 Å². The Morgan fingerprint density at radius 3 is 2.56 bits per heavy atom. The summed E-state index contributed by atoms with van der Waals surface area (Å²) in [6, 6.07) is 0. The number of rotatable bonds is 2. The summed E-state index contributed by atoms with van der Waals surface area (Å²) < 4.78 is 0. The first-order chi connectivity index (χ1) is 7.68. The minimum absolute atomic E-state index is 0.490. The first-order valence-electron chi connectivity index (χ1n) is 5.95. The predicted molar refractivity (Wildman–Crippen MR) is 63.5 cm³/mol. The van der Waals surface area contributed by atoms with Crippen LogP contribution in [0.4, 0.5) is 5.95 Å². The van der Waals surface area contributed by atoms with Gasteiger partial charge in [-0.25, -0.2) is 9.97 Å². The number of aromatic nitrogens is 2. The van der Waals surface area contributed by atoms with E-state index in [-0.39, 0.29) is 0 Å². The van der Waals surface area contributed by atoms with Crippen molar-refractivity contribution in [3.05, 3.63) is 17.5 Å². The third kappa shape index (κ3) is 2.32. The number of hydrogen-bond donors (Lipinski definition) is 1. The van der Waals surface area contributed by atoms with E-state index in [0.717, 1.165) is 30.3 Å². The fourth-order valence-electron chi connectivity index (χ4n) is 2.12. The lowest BCUT2D eigenvalue weighted by atomic mass is 10.1. The van der Waals surface area contributed by atoms with Gasteiger partial charge in [-0.3, -0.25) is 0 Å². The maximum atomic E-state index is 9.51. The summed E-state index contributed by atoms with van der Waals surface area (Å²) in [5, 5.41) is 9.51. The van der Waals surface area contributed by atoms with Crippen LogP contribution in [-0.2, 0) is 0 Å². The van der Waals surface area contributed by atoms with Gasteiger partial charge in [0.2, 0.25) is 5.95 Å². The first kappa shape index (κ1) is 11.3. The molecule has 0 spiro atoms. The molecule has 2 heterocycles. The van der Waals surface area contributed by atoms with Crippen LogP contribution in [0.3, 0.4) is 0 Å². The van der Waals surface area contributed by atoms with E-state index in [1.165, 1.54) is 19.3 Å². The molecule has 2 rings (SSSR count). The molecule has 1 aliphatic heterocycles.